The third kappa shape index (κ3) is 4.40. The quantitative estimate of drug-likeness (QED) is 0.574. The molecule has 150 valence electrons. The molecule has 0 radical (unpaired) electrons. The van der Waals surface area contributed by atoms with E-state index in [0.29, 0.717) is 31.6 Å². The van der Waals surface area contributed by atoms with Crippen molar-refractivity contribution in [3.05, 3.63) is 33.9 Å². The molecular formula is C16H23ClN4O5S. The highest BCUT2D eigenvalue weighted by Gasteiger charge is 2.35. The standard InChI is InChI=1S/C16H22N4O5S.ClH/c1-12-9-14(4-5-15(12)20(22)23)26(24,25)18-7-2-3-13(11-18)19-8-6-17-10-16(19)21;/h4-5,9,13,17H,2-3,6-8,10-11H2,1H3;1H. The third-order valence-corrected chi connectivity index (χ3v) is 6.79. The van der Waals surface area contributed by atoms with Crippen LogP contribution < -0.4 is 5.32 Å². The van der Waals surface area contributed by atoms with Crippen LogP contribution in [0.3, 0.4) is 0 Å². The summed E-state index contributed by atoms with van der Waals surface area (Å²) in [6.45, 7) is 3.73. The molecule has 2 saturated heterocycles. The summed E-state index contributed by atoms with van der Waals surface area (Å²) in [5.74, 6) is -0.00771. The lowest BCUT2D eigenvalue weighted by Crippen LogP contribution is -2.57. The van der Waals surface area contributed by atoms with Gasteiger partial charge >= 0.3 is 0 Å². The summed E-state index contributed by atoms with van der Waals surface area (Å²) in [6, 6.07) is 3.71. The zero-order valence-corrected chi connectivity index (χ0v) is 16.6. The summed E-state index contributed by atoms with van der Waals surface area (Å²) in [5.41, 5.74) is 0.203. The molecule has 0 aliphatic carbocycles. The fourth-order valence-electron chi connectivity index (χ4n) is 3.54. The molecule has 0 spiro atoms. The minimum Gasteiger partial charge on any atom is -0.336 e. The first-order chi connectivity index (χ1) is 12.3. The number of nitrogens with zero attached hydrogens (tertiary/aromatic N) is 3. The van der Waals surface area contributed by atoms with Gasteiger partial charge in [0, 0.05) is 43.9 Å². The third-order valence-electron chi connectivity index (χ3n) is 4.93. The molecule has 0 aromatic heterocycles. The van der Waals surface area contributed by atoms with E-state index in [0.717, 1.165) is 6.42 Å². The Balaban J connectivity index is 0.00000261. The highest BCUT2D eigenvalue weighted by Crippen LogP contribution is 2.27. The van der Waals surface area contributed by atoms with E-state index in [4.69, 9.17) is 0 Å². The Morgan fingerprint density at radius 1 is 1.30 bits per heavy atom. The number of carbonyl (C=O) groups excluding carboxylic acids is 1. The molecule has 1 N–H and O–H groups in total. The van der Waals surface area contributed by atoms with Crippen molar-refractivity contribution in [3.63, 3.8) is 0 Å². The van der Waals surface area contributed by atoms with Crippen molar-refractivity contribution in [1.29, 1.82) is 0 Å². The topological polar surface area (TPSA) is 113 Å². The number of hydrogen-bond acceptors (Lipinski definition) is 6. The Kier molecular flexibility index (Phi) is 6.79. The van der Waals surface area contributed by atoms with Crippen LogP contribution >= 0.6 is 12.4 Å². The highest BCUT2D eigenvalue weighted by molar-refractivity contribution is 7.89. The lowest BCUT2D eigenvalue weighted by atomic mass is 10.1. The first kappa shape index (κ1) is 21.5. The van der Waals surface area contributed by atoms with Crippen molar-refractivity contribution in [1.82, 2.24) is 14.5 Å². The van der Waals surface area contributed by atoms with Gasteiger partial charge < -0.3 is 10.2 Å². The summed E-state index contributed by atoms with van der Waals surface area (Å²) in [4.78, 5) is 24.3. The zero-order chi connectivity index (χ0) is 18.9. The number of nitrogens with one attached hydrogen (secondary N) is 1. The number of hydrogen-bond donors (Lipinski definition) is 1. The van der Waals surface area contributed by atoms with Gasteiger partial charge in [0.25, 0.3) is 5.69 Å². The van der Waals surface area contributed by atoms with E-state index in [2.05, 4.69) is 5.32 Å². The van der Waals surface area contributed by atoms with E-state index in [1.54, 1.807) is 4.90 Å². The molecule has 1 atom stereocenters. The van der Waals surface area contributed by atoms with Gasteiger partial charge in [0.1, 0.15) is 0 Å². The monoisotopic (exact) mass is 418 g/mol. The summed E-state index contributed by atoms with van der Waals surface area (Å²) in [5, 5.41) is 13.9. The number of benzene rings is 1. The van der Waals surface area contributed by atoms with Gasteiger partial charge in [-0.15, -0.1) is 12.4 Å². The van der Waals surface area contributed by atoms with Crippen molar-refractivity contribution in [2.75, 3.05) is 32.7 Å². The Labute approximate surface area is 164 Å². The van der Waals surface area contributed by atoms with E-state index in [-0.39, 0.29) is 48.0 Å². The lowest BCUT2D eigenvalue weighted by molar-refractivity contribution is -0.385. The lowest BCUT2D eigenvalue weighted by Gasteiger charge is -2.40. The molecule has 11 heteroatoms. The number of sulfonamides is 1. The number of amides is 1. The fourth-order valence-corrected chi connectivity index (χ4v) is 5.14. The van der Waals surface area contributed by atoms with Crippen molar-refractivity contribution in [2.24, 2.45) is 0 Å². The molecule has 1 unspecified atom stereocenters. The summed E-state index contributed by atoms with van der Waals surface area (Å²) in [6.07, 6.45) is 1.45. The predicted molar refractivity (Wildman–Crippen MR) is 101 cm³/mol. The van der Waals surface area contributed by atoms with E-state index in [1.165, 1.54) is 29.4 Å². The van der Waals surface area contributed by atoms with Crippen LogP contribution in [0.5, 0.6) is 0 Å². The average Bonchev–Trinajstić information content (AvgIpc) is 2.62. The minimum atomic E-state index is -3.76. The van der Waals surface area contributed by atoms with Crippen molar-refractivity contribution in [2.45, 2.75) is 30.7 Å². The van der Waals surface area contributed by atoms with Crippen LogP contribution in [0.1, 0.15) is 18.4 Å². The normalized spacial score (nSPS) is 21.6. The van der Waals surface area contributed by atoms with Crippen LogP contribution in [0.25, 0.3) is 0 Å². The number of piperazine rings is 1. The molecule has 2 aliphatic heterocycles. The number of piperidine rings is 1. The summed E-state index contributed by atoms with van der Waals surface area (Å²) in [7, 11) is -3.76. The van der Waals surface area contributed by atoms with Crippen LogP contribution in [-0.4, -0.2) is 67.2 Å². The number of carbonyl (C=O) groups is 1. The SMILES string of the molecule is Cc1cc(S(=O)(=O)N2CCCC(N3CCNCC3=O)C2)ccc1[N+](=O)[O-].Cl. The van der Waals surface area contributed by atoms with Crippen molar-refractivity contribution < 1.29 is 18.1 Å². The number of nitro benzene ring substituents is 1. The van der Waals surface area contributed by atoms with Gasteiger partial charge in [-0.05, 0) is 31.9 Å². The van der Waals surface area contributed by atoms with Crippen LogP contribution in [0.4, 0.5) is 5.69 Å². The maximum Gasteiger partial charge on any atom is 0.272 e. The molecule has 1 aromatic rings. The van der Waals surface area contributed by atoms with Gasteiger partial charge in [0.2, 0.25) is 15.9 Å². The molecular weight excluding hydrogens is 396 g/mol. The second kappa shape index (κ2) is 8.51. The summed E-state index contributed by atoms with van der Waals surface area (Å²) >= 11 is 0. The molecule has 27 heavy (non-hydrogen) atoms. The van der Waals surface area contributed by atoms with E-state index >= 15 is 0 Å². The molecule has 2 heterocycles. The largest absolute Gasteiger partial charge is 0.336 e. The van der Waals surface area contributed by atoms with E-state index in [9.17, 15) is 23.3 Å². The van der Waals surface area contributed by atoms with Gasteiger partial charge in [0.15, 0.2) is 0 Å². The van der Waals surface area contributed by atoms with Gasteiger partial charge in [-0.1, -0.05) is 0 Å². The molecule has 2 aliphatic rings. The second-order valence-electron chi connectivity index (χ2n) is 6.63. The first-order valence-electron chi connectivity index (χ1n) is 8.56. The second-order valence-corrected chi connectivity index (χ2v) is 8.57. The smallest absolute Gasteiger partial charge is 0.272 e. The zero-order valence-electron chi connectivity index (χ0n) is 15.0. The first-order valence-corrected chi connectivity index (χ1v) is 10.00. The van der Waals surface area contributed by atoms with E-state index < -0.39 is 14.9 Å². The van der Waals surface area contributed by atoms with Crippen LogP contribution in [0.2, 0.25) is 0 Å². The number of nitro groups is 1. The molecule has 2 fully saturated rings. The molecule has 3 rings (SSSR count). The maximum atomic E-state index is 13.0. The molecule has 9 nitrogen and oxygen atoms in total. The van der Waals surface area contributed by atoms with Crippen LogP contribution in [0.15, 0.2) is 23.1 Å². The molecule has 0 bridgehead atoms. The van der Waals surface area contributed by atoms with Crippen molar-refractivity contribution in [3.8, 4) is 0 Å². The fraction of sp³-hybridized carbons (Fsp3) is 0.562. The minimum absolute atomic E-state index is 0. The number of aryl methyl sites for hydroxylation is 1. The Morgan fingerprint density at radius 3 is 2.67 bits per heavy atom. The van der Waals surface area contributed by atoms with Crippen LogP contribution in [0, 0.1) is 17.0 Å². The molecule has 1 amide bonds. The predicted octanol–water partition coefficient (Wildman–Crippen LogP) is 0.910. The maximum absolute atomic E-state index is 13.0. The van der Waals surface area contributed by atoms with Gasteiger partial charge in [-0.2, -0.15) is 4.31 Å². The number of rotatable bonds is 4. The Hall–Kier alpha value is -1.75. The average molecular weight is 419 g/mol. The Bertz CT molecular complexity index is 832. The van der Waals surface area contributed by atoms with E-state index in [1.807, 2.05) is 0 Å². The highest BCUT2D eigenvalue weighted by atomic mass is 35.5. The molecule has 1 aromatic carbocycles. The van der Waals surface area contributed by atoms with Gasteiger partial charge in [-0.25, -0.2) is 8.42 Å². The van der Waals surface area contributed by atoms with Gasteiger partial charge in [-0.3, -0.25) is 14.9 Å². The molecule has 0 saturated carbocycles. The summed E-state index contributed by atoms with van der Waals surface area (Å²) < 4.78 is 27.3. The Morgan fingerprint density at radius 2 is 2.04 bits per heavy atom. The van der Waals surface area contributed by atoms with Crippen molar-refractivity contribution >= 4 is 34.0 Å². The van der Waals surface area contributed by atoms with Gasteiger partial charge in [0.05, 0.1) is 16.4 Å². The number of halogens is 1. The van der Waals surface area contributed by atoms with Crippen LogP contribution in [-0.2, 0) is 14.8 Å².